The van der Waals surface area contributed by atoms with Crippen molar-refractivity contribution in [2.24, 2.45) is 0 Å². The zero-order valence-corrected chi connectivity index (χ0v) is 19.9. The molecule has 0 unspecified atom stereocenters. The summed E-state index contributed by atoms with van der Waals surface area (Å²) in [4.78, 5) is 41.5. The first-order chi connectivity index (χ1) is 16.9. The number of nitrogens with one attached hydrogen (secondary N) is 1. The van der Waals surface area contributed by atoms with E-state index in [2.05, 4.69) is 10.3 Å². The molecule has 0 fully saturated rings. The van der Waals surface area contributed by atoms with Gasteiger partial charge in [-0.2, -0.15) is 0 Å². The van der Waals surface area contributed by atoms with Crippen LogP contribution in [0, 0.1) is 17.0 Å². The highest BCUT2D eigenvalue weighted by molar-refractivity contribution is 7.99. The number of aromatic nitrogens is 2. The van der Waals surface area contributed by atoms with Gasteiger partial charge in [0.25, 0.3) is 11.2 Å². The maximum absolute atomic E-state index is 13.4. The maximum atomic E-state index is 13.4. The van der Waals surface area contributed by atoms with Crippen LogP contribution in [0.3, 0.4) is 0 Å². The average molecular weight is 491 g/mol. The third kappa shape index (κ3) is 5.33. The fourth-order valence-electron chi connectivity index (χ4n) is 3.51. The Balaban J connectivity index is 1.65. The minimum absolute atomic E-state index is 0.104. The van der Waals surface area contributed by atoms with Crippen LogP contribution >= 0.6 is 11.8 Å². The van der Waals surface area contributed by atoms with Crippen LogP contribution in [0.25, 0.3) is 16.6 Å². The summed E-state index contributed by atoms with van der Waals surface area (Å²) < 4.78 is 6.94. The molecule has 4 aromatic rings. The Bertz CT molecular complexity index is 1470. The second-order valence-corrected chi connectivity index (χ2v) is 8.54. The average Bonchev–Trinajstić information content (AvgIpc) is 2.85. The number of benzene rings is 3. The molecule has 1 amide bonds. The molecular formula is C25H22N4O5S. The van der Waals surface area contributed by atoms with E-state index in [0.717, 1.165) is 11.8 Å². The predicted octanol–water partition coefficient (Wildman–Crippen LogP) is 4.73. The molecule has 35 heavy (non-hydrogen) atoms. The highest BCUT2D eigenvalue weighted by atomic mass is 32.2. The monoisotopic (exact) mass is 490 g/mol. The molecule has 0 aliphatic heterocycles. The first-order valence-electron chi connectivity index (χ1n) is 10.8. The van der Waals surface area contributed by atoms with Crippen LogP contribution in [0.4, 0.5) is 11.4 Å². The van der Waals surface area contributed by atoms with Gasteiger partial charge >= 0.3 is 0 Å². The summed E-state index contributed by atoms with van der Waals surface area (Å²) in [6.45, 7) is 4.14. The molecule has 0 bridgehead atoms. The highest BCUT2D eigenvalue weighted by Gasteiger charge is 2.18. The normalized spacial score (nSPS) is 10.8. The van der Waals surface area contributed by atoms with Crippen LogP contribution < -0.4 is 15.6 Å². The van der Waals surface area contributed by atoms with E-state index in [4.69, 9.17) is 4.74 Å². The van der Waals surface area contributed by atoms with Gasteiger partial charge in [-0.15, -0.1) is 0 Å². The van der Waals surface area contributed by atoms with Gasteiger partial charge in [-0.1, -0.05) is 30.0 Å². The van der Waals surface area contributed by atoms with E-state index in [1.807, 2.05) is 6.92 Å². The number of nitro benzene ring substituents is 1. The van der Waals surface area contributed by atoms with Crippen molar-refractivity contribution in [1.29, 1.82) is 0 Å². The number of ether oxygens (including phenoxy) is 1. The Hall–Kier alpha value is -4.18. The van der Waals surface area contributed by atoms with E-state index < -0.39 is 10.8 Å². The van der Waals surface area contributed by atoms with Gasteiger partial charge in [0.1, 0.15) is 11.4 Å². The van der Waals surface area contributed by atoms with Crippen LogP contribution in [0.1, 0.15) is 12.5 Å². The second kappa shape index (κ2) is 10.4. The lowest BCUT2D eigenvalue weighted by Crippen LogP contribution is -2.23. The number of hydrogen-bond donors (Lipinski definition) is 1. The molecule has 0 aliphatic carbocycles. The van der Waals surface area contributed by atoms with E-state index in [1.165, 1.54) is 16.7 Å². The van der Waals surface area contributed by atoms with Crippen LogP contribution in [0.2, 0.25) is 0 Å². The van der Waals surface area contributed by atoms with E-state index >= 15 is 0 Å². The van der Waals surface area contributed by atoms with Gasteiger partial charge in [0.15, 0.2) is 5.16 Å². The zero-order chi connectivity index (χ0) is 24.9. The Kier molecular flexibility index (Phi) is 7.11. The molecule has 4 rings (SSSR count). The topological polar surface area (TPSA) is 116 Å². The Labute approximate surface area is 204 Å². The fraction of sp³-hybridized carbons (Fsp3) is 0.160. The number of carbonyl (C=O) groups is 1. The van der Waals surface area contributed by atoms with Crippen molar-refractivity contribution in [3.8, 4) is 11.4 Å². The third-order valence-corrected chi connectivity index (χ3v) is 6.05. The number of rotatable bonds is 8. The summed E-state index contributed by atoms with van der Waals surface area (Å²) in [5, 5.41) is 14.7. The number of hydrogen-bond acceptors (Lipinski definition) is 7. The van der Waals surface area contributed by atoms with Crippen molar-refractivity contribution in [3.05, 3.63) is 92.8 Å². The van der Waals surface area contributed by atoms with Gasteiger partial charge in [0.2, 0.25) is 5.91 Å². The number of anilines is 1. The standard InChI is InChI=1S/C25H22N4O5S/c1-3-34-18-11-9-17(10-12-18)28-24(31)19-6-4-5-7-20(19)27-25(28)35-15-23(30)26-21-13-8-16(2)14-22(21)29(32)33/h4-14H,3,15H2,1-2H3,(H,26,30). The van der Waals surface area contributed by atoms with Crippen molar-refractivity contribution in [1.82, 2.24) is 9.55 Å². The lowest BCUT2D eigenvalue weighted by molar-refractivity contribution is -0.384. The fourth-order valence-corrected chi connectivity index (χ4v) is 4.32. The smallest absolute Gasteiger partial charge is 0.293 e. The first kappa shape index (κ1) is 24.0. The van der Waals surface area contributed by atoms with Crippen LogP contribution in [-0.4, -0.2) is 32.7 Å². The molecule has 10 heteroatoms. The van der Waals surface area contributed by atoms with E-state index in [-0.39, 0.29) is 22.7 Å². The number of aryl methyl sites for hydroxylation is 1. The second-order valence-electron chi connectivity index (χ2n) is 7.59. The molecule has 1 N–H and O–H groups in total. The number of nitro groups is 1. The third-order valence-electron chi connectivity index (χ3n) is 5.11. The summed E-state index contributed by atoms with van der Waals surface area (Å²) in [6, 6.07) is 18.6. The summed E-state index contributed by atoms with van der Waals surface area (Å²) in [5.74, 6) is 0.112. The van der Waals surface area contributed by atoms with Crippen molar-refractivity contribution in [3.63, 3.8) is 0 Å². The summed E-state index contributed by atoms with van der Waals surface area (Å²) in [6.07, 6.45) is 0. The van der Waals surface area contributed by atoms with Crippen molar-refractivity contribution in [2.45, 2.75) is 19.0 Å². The number of para-hydroxylation sites is 1. The van der Waals surface area contributed by atoms with Gasteiger partial charge in [0.05, 0.1) is 33.9 Å². The van der Waals surface area contributed by atoms with Crippen LogP contribution in [-0.2, 0) is 4.79 Å². The minimum Gasteiger partial charge on any atom is -0.494 e. The van der Waals surface area contributed by atoms with Crippen molar-refractivity contribution >= 4 is 39.9 Å². The molecule has 0 aliphatic rings. The lowest BCUT2D eigenvalue weighted by atomic mass is 10.2. The first-order valence-corrected chi connectivity index (χ1v) is 11.8. The van der Waals surface area contributed by atoms with Gasteiger partial charge in [-0.05, 0) is 61.9 Å². The summed E-state index contributed by atoms with van der Waals surface area (Å²) in [5.41, 5.74) is 1.46. The van der Waals surface area contributed by atoms with E-state index in [1.54, 1.807) is 61.5 Å². The van der Waals surface area contributed by atoms with Gasteiger partial charge in [-0.25, -0.2) is 4.98 Å². The molecule has 0 saturated heterocycles. The molecule has 9 nitrogen and oxygen atoms in total. The molecule has 0 saturated carbocycles. The predicted molar refractivity (Wildman–Crippen MR) is 136 cm³/mol. The Morgan fingerprint density at radius 1 is 1.14 bits per heavy atom. The zero-order valence-electron chi connectivity index (χ0n) is 19.1. The van der Waals surface area contributed by atoms with Crippen LogP contribution in [0.5, 0.6) is 5.75 Å². The largest absolute Gasteiger partial charge is 0.494 e. The Morgan fingerprint density at radius 3 is 2.60 bits per heavy atom. The molecule has 1 heterocycles. The lowest BCUT2D eigenvalue weighted by Gasteiger charge is -2.14. The number of amides is 1. The minimum atomic E-state index is -0.537. The molecular weight excluding hydrogens is 468 g/mol. The molecule has 178 valence electrons. The quantitative estimate of drug-likeness (QED) is 0.164. The van der Waals surface area contributed by atoms with Crippen molar-refractivity contribution in [2.75, 3.05) is 17.7 Å². The number of carbonyl (C=O) groups excluding carboxylic acids is 1. The van der Waals surface area contributed by atoms with Crippen LogP contribution in [0.15, 0.2) is 76.7 Å². The summed E-state index contributed by atoms with van der Waals surface area (Å²) >= 11 is 1.07. The Morgan fingerprint density at radius 2 is 1.89 bits per heavy atom. The number of thioether (sulfide) groups is 1. The number of nitrogens with zero attached hydrogens (tertiary/aromatic N) is 3. The van der Waals surface area contributed by atoms with Gasteiger partial charge in [-0.3, -0.25) is 24.3 Å². The maximum Gasteiger partial charge on any atom is 0.293 e. The number of fused-ring (bicyclic) bond motifs is 1. The van der Waals surface area contributed by atoms with Gasteiger partial charge < -0.3 is 10.1 Å². The van der Waals surface area contributed by atoms with E-state index in [9.17, 15) is 19.7 Å². The molecule has 3 aromatic carbocycles. The summed E-state index contributed by atoms with van der Waals surface area (Å²) in [7, 11) is 0. The molecule has 0 radical (unpaired) electrons. The molecule has 0 spiro atoms. The van der Waals surface area contributed by atoms with Crippen molar-refractivity contribution < 1.29 is 14.5 Å². The molecule has 1 aromatic heterocycles. The highest BCUT2D eigenvalue weighted by Crippen LogP contribution is 2.27. The molecule has 0 atom stereocenters. The van der Waals surface area contributed by atoms with E-state index in [0.29, 0.717) is 39.7 Å². The SMILES string of the molecule is CCOc1ccc(-n2c(SCC(=O)Nc3ccc(C)cc3[N+](=O)[O-])nc3ccccc3c2=O)cc1. The van der Waals surface area contributed by atoms with Gasteiger partial charge in [0, 0.05) is 6.07 Å².